The molecule has 0 unspecified atom stereocenters. The van der Waals surface area contributed by atoms with Crippen LogP contribution < -0.4 is 16.0 Å². The third-order valence-corrected chi connectivity index (χ3v) is 5.73. The quantitative estimate of drug-likeness (QED) is 0.215. The lowest BCUT2D eigenvalue weighted by atomic mass is 10.1. The fourth-order valence-corrected chi connectivity index (χ4v) is 3.62. The molecule has 13 heteroatoms. The van der Waals surface area contributed by atoms with Gasteiger partial charge in [0.1, 0.15) is 5.60 Å². The largest absolute Gasteiger partial charge is 0.503 e. The summed E-state index contributed by atoms with van der Waals surface area (Å²) in [6.07, 6.45) is 0.136. The Morgan fingerprint density at radius 1 is 0.950 bits per heavy atom. The predicted molar refractivity (Wildman–Crippen MR) is 148 cm³/mol. The molecule has 1 aliphatic rings. The van der Waals surface area contributed by atoms with Gasteiger partial charge in [-0.05, 0) is 44.9 Å². The Bertz CT molecular complexity index is 1040. The second-order valence-corrected chi connectivity index (χ2v) is 10.4. The minimum Gasteiger partial charge on any atom is -0.503 e. The van der Waals surface area contributed by atoms with Gasteiger partial charge >= 0.3 is 6.09 Å². The first kappa shape index (κ1) is 32.9. The summed E-state index contributed by atoms with van der Waals surface area (Å²) in [6, 6.07) is 7.28. The molecule has 1 heterocycles. The van der Waals surface area contributed by atoms with E-state index in [0.29, 0.717) is 24.5 Å². The average Bonchev–Trinajstić information content (AvgIpc) is 3.16. The molecule has 0 bridgehead atoms. The van der Waals surface area contributed by atoms with Gasteiger partial charge in [0.15, 0.2) is 5.76 Å². The lowest BCUT2D eigenvalue weighted by Gasteiger charge is -2.19. The van der Waals surface area contributed by atoms with Crippen LogP contribution >= 0.6 is 11.6 Å². The van der Waals surface area contributed by atoms with Crippen molar-refractivity contribution in [1.29, 1.82) is 0 Å². The highest BCUT2D eigenvalue weighted by molar-refractivity contribution is 6.30. The number of ether oxygens (including phenoxy) is 3. The van der Waals surface area contributed by atoms with Crippen LogP contribution in [0.1, 0.15) is 32.8 Å². The molecule has 0 saturated heterocycles. The summed E-state index contributed by atoms with van der Waals surface area (Å²) in [5, 5.41) is 18.7. The highest BCUT2D eigenvalue weighted by Crippen LogP contribution is 2.17. The lowest BCUT2D eigenvalue weighted by molar-refractivity contribution is -0.128. The van der Waals surface area contributed by atoms with Gasteiger partial charge in [-0.1, -0.05) is 23.7 Å². The molecule has 0 aliphatic carbocycles. The monoisotopic (exact) mass is 582 g/mol. The molecule has 12 nitrogen and oxygen atoms in total. The fraction of sp³-hybridized carbons (Fsp3) is 0.556. The number of benzene rings is 1. The van der Waals surface area contributed by atoms with Crippen LogP contribution in [0, 0.1) is 0 Å². The van der Waals surface area contributed by atoms with Crippen molar-refractivity contribution in [2.24, 2.45) is 0 Å². The van der Waals surface area contributed by atoms with E-state index in [1.165, 1.54) is 4.90 Å². The molecular weight excluding hydrogens is 544 g/mol. The van der Waals surface area contributed by atoms with E-state index in [9.17, 15) is 24.3 Å². The number of nitrogens with one attached hydrogen (secondary N) is 3. The highest BCUT2D eigenvalue weighted by Gasteiger charge is 2.33. The molecule has 1 aromatic carbocycles. The Morgan fingerprint density at radius 3 is 2.30 bits per heavy atom. The van der Waals surface area contributed by atoms with Gasteiger partial charge in [-0.2, -0.15) is 0 Å². The van der Waals surface area contributed by atoms with Gasteiger partial charge < -0.3 is 40.2 Å². The summed E-state index contributed by atoms with van der Waals surface area (Å²) < 4.78 is 16.0. The molecule has 0 radical (unpaired) electrons. The van der Waals surface area contributed by atoms with Crippen LogP contribution in [0.2, 0.25) is 5.02 Å². The number of carbonyl (C=O) groups is 4. The minimum atomic E-state index is -0.611. The standard InChI is InChI=1S/C27H39ClN4O8/c1-27(2,3)40-26(37)31-11-9-22(33)29-12-14-38-16-17-39-15-13-32-18-21(23(34)25(32)36)24(35)30-10-8-19-4-6-20(28)7-5-19/h4-7,34H,8-18H2,1-3H3,(H,29,33)(H,30,35)(H,31,37). The number of rotatable bonds is 16. The van der Waals surface area contributed by atoms with Crippen molar-refractivity contribution in [3.8, 4) is 0 Å². The number of nitrogens with zero attached hydrogens (tertiary/aromatic N) is 1. The smallest absolute Gasteiger partial charge is 0.407 e. The third-order valence-electron chi connectivity index (χ3n) is 5.48. The molecule has 4 N–H and O–H groups in total. The molecule has 0 atom stereocenters. The first-order chi connectivity index (χ1) is 19.0. The number of aliphatic hydroxyl groups is 1. The summed E-state index contributed by atoms with van der Waals surface area (Å²) in [7, 11) is 0. The zero-order chi connectivity index (χ0) is 29.5. The van der Waals surface area contributed by atoms with Crippen molar-refractivity contribution in [3.63, 3.8) is 0 Å². The Balaban J connectivity index is 1.49. The molecule has 222 valence electrons. The van der Waals surface area contributed by atoms with E-state index in [4.69, 9.17) is 25.8 Å². The van der Waals surface area contributed by atoms with Crippen LogP contribution in [-0.2, 0) is 35.0 Å². The number of hydrogen-bond donors (Lipinski definition) is 4. The summed E-state index contributed by atoms with van der Waals surface area (Å²) in [5.41, 5.74) is 0.440. The van der Waals surface area contributed by atoms with Crippen LogP contribution in [0.15, 0.2) is 35.6 Å². The van der Waals surface area contributed by atoms with E-state index >= 15 is 0 Å². The van der Waals surface area contributed by atoms with Crippen LogP contribution in [0.5, 0.6) is 0 Å². The highest BCUT2D eigenvalue weighted by atomic mass is 35.5. The molecule has 0 saturated carbocycles. The number of alkyl carbamates (subject to hydrolysis) is 1. The third kappa shape index (κ3) is 12.7. The lowest BCUT2D eigenvalue weighted by Crippen LogP contribution is -2.35. The minimum absolute atomic E-state index is 0.00426. The van der Waals surface area contributed by atoms with Gasteiger partial charge in [0.05, 0.1) is 38.5 Å². The summed E-state index contributed by atoms with van der Waals surface area (Å²) in [6.45, 7) is 7.35. The van der Waals surface area contributed by atoms with Crippen molar-refractivity contribution < 1.29 is 38.5 Å². The van der Waals surface area contributed by atoms with Crippen molar-refractivity contribution in [2.45, 2.75) is 39.2 Å². The summed E-state index contributed by atoms with van der Waals surface area (Å²) in [4.78, 5) is 49.4. The molecule has 0 fully saturated rings. The molecule has 1 aliphatic heterocycles. The second kappa shape index (κ2) is 16.7. The maximum absolute atomic E-state index is 12.4. The van der Waals surface area contributed by atoms with Crippen molar-refractivity contribution in [2.75, 3.05) is 59.2 Å². The number of hydrogen-bond acceptors (Lipinski definition) is 8. The Kier molecular flexibility index (Phi) is 13.7. The van der Waals surface area contributed by atoms with E-state index in [0.717, 1.165) is 5.56 Å². The van der Waals surface area contributed by atoms with Crippen LogP contribution in [0.25, 0.3) is 0 Å². The van der Waals surface area contributed by atoms with E-state index in [-0.39, 0.29) is 64.0 Å². The van der Waals surface area contributed by atoms with Crippen LogP contribution in [0.4, 0.5) is 4.79 Å². The second-order valence-electron chi connectivity index (χ2n) is 9.94. The van der Waals surface area contributed by atoms with Crippen molar-refractivity contribution in [1.82, 2.24) is 20.9 Å². The molecule has 2 rings (SSSR count). The maximum Gasteiger partial charge on any atom is 0.407 e. The van der Waals surface area contributed by atoms with Gasteiger partial charge in [-0.15, -0.1) is 0 Å². The molecule has 0 aromatic heterocycles. The fourth-order valence-electron chi connectivity index (χ4n) is 3.49. The van der Waals surface area contributed by atoms with Gasteiger partial charge in [0, 0.05) is 37.6 Å². The zero-order valence-electron chi connectivity index (χ0n) is 23.2. The van der Waals surface area contributed by atoms with Gasteiger partial charge in [0.2, 0.25) is 5.91 Å². The maximum atomic E-state index is 12.4. The topological polar surface area (TPSA) is 156 Å². The van der Waals surface area contributed by atoms with Gasteiger partial charge in [-0.3, -0.25) is 14.4 Å². The summed E-state index contributed by atoms with van der Waals surface area (Å²) >= 11 is 5.87. The van der Waals surface area contributed by atoms with E-state index in [1.54, 1.807) is 32.9 Å². The summed E-state index contributed by atoms with van der Waals surface area (Å²) in [5.74, 6) is -1.87. The number of carbonyl (C=O) groups excluding carboxylic acids is 4. The number of amides is 4. The number of aliphatic hydroxyl groups excluding tert-OH is 1. The molecular formula is C27H39ClN4O8. The van der Waals surface area contributed by atoms with E-state index in [2.05, 4.69) is 16.0 Å². The van der Waals surface area contributed by atoms with Crippen molar-refractivity contribution >= 4 is 35.4 Å². The van der Waals surface area contributed by atoms with Gasteiger partial charge in [-0.25, -0.2) is 4.79 Å². The Labute approximate surface area is 239 Å². The normalized spacial score (nSPS) is 13.4. The van der Waals surface area contributed by atoms with Crippen molar-refractivity contribution in [3.05, 3.63) is 46.2 Å². The van der Waals surface area contributed by atoms with E-state index < -0.39 is 29.3 Å². The first-order valence-electron chi connectivity index (χ1n) is 13.1. The predicted octanol–water partition coefficient (Wildman–Crippen LogP) is 1.72. The molecule has 0 spiro atoms. The molecule has 1 aromatic rings. The average molecular weight is 583 g/mol. The van der Waals surface area contributed by atoms with E-state index in [1.807, 2.05) is 12.1 Å². The zero-order valence-corrected chi connectivity index (χ0v) is 24.0. The molecule has 4 amide bonds. The van der Waals surface area contributed by atoms with Crippen LogP contribution in [0.3, 0.4) is 0 Å². The number of halogens is 1. The SMILES string of the molecule is CC(C)(C)OC(=O)NCCC(=O)NCCOCCOCCN1CC(C(=O)NCCc2ccc(Cl)cc2)=C(O)C1=O. The van der Waals surface area contributed by atoms with Crippen LogP contribution in [-0.4, -0.2) is 98.6 Å². The molecule has 40 heavy (non-hydrogen) atoms. The Hall–Kier alpha value is -3.35. The Morgan fingerprint density at radius 2 is 1.62 bits per heavy atom. The van der Waals surface area contributed by atoms with Gasteiger partial charge in [0.25, 0.3) is 11.8 Å². The first-order valence-corrected chi connectivity index (χ1v) is 13.5.